The summed E-state index contributed by atoms with van der Waals surface area (Å²) in [5.74, 6) is -6.15. The molecule has 13 nitrogen and oxygen atoms in total. The number of carbonyl (C=O) groups is 4. The first-order chi connectivity index (χ1) is 12.1. The molecule has 152 valence electrons. The molecule has 0 radical (unpaired) electrons. The van der Waals surface area contributed by atoms with Crippen molar-refractivity contribution >= 4 is 34.3 Å². The first-order valence-corrected chi connectivity index (χ1v) is 7.74. The molecule has 0 aliphatic heterocycles. The van der Waals surface area contributed by atoms with Gasteiger partial charge in [-0.1, -0.05) is 30.3 Å². The van der Waals surface area contributed by atoms with Crippen LogP contribution in [-0.2, 0) is 24.8 Å². The zero-order valence-corrected chi connectivity index (χ0v) is 23.0. The maximum absolute atomic E-state index is 10.3. The van der Waals surface area contributed by atoms with Crippen molar-refractivity contribution in [1.29, 1.82) is 0 Å². The average molecular weight is 478 g/mol. The minimum atomic E-state index is -5.17. The second kappa shape index (κ2) is 19.6. The van der Waals surface area contributed by atoms with Gasteiger partial charge in [-0.05, 0) is 5.56 Å². The number of carbonyl (C=O) groups excluding carboxylic acids is 1. The number of carboxylic acid groups (broad SMARTS) is 4. The Bertz CT molecular complexity index is 744. The van der Waals surface area contributed by atoms with E-state index in [1.165, 1.54) is 12.1 Å². The molecular formula is C13H13Na3O13S. The zero-order valence-electron chi connectivity index (χ0n) is 16.2. The van der Waals surface area contributed by atoms with E-state index in [0.29, 0.717) is 0 Å². The van der Waals surface area contributed by atoms with Gasteiger partial charge in [0.25, 0.3) is 0 Å². The second-order valence-electron chi connectivity index (χ2n) is 4.54. The number of rotatable bonds is 6. The van der Waals surface area contributed by atoms with Crippen LogP contribution in [-0.4, -0.2) is 67.4 Å². The largest absolute Gasteiger partial charge is 1.00 e. The van der Waals surface area contributed by atoms with Crippen LogP contribution in [0.15, 0.2) is 30.3 Å². The van der Waals surface area contributed by atoms with Crippen LogP contribution in [0.5, 0.6) is 0 Å². The molecule has 0 aromatic heterocycles. The predicted octanol–water partition coefficient (Wildman–Crippen LogP) is -11.5. The van der Waals surface area contributed by atoms with Gasteiger partial charge in [0.1, 0.15) is 0 Å². The van der Waals surface area contributed by atoms with Crippen molar-refractivity contribution in [3.05, 3.63) is 35.9 Å². The third-order valence-corrected chi connectivity index (χ3v) is 2.29. The topological polar surface area (TPSA) is 253 Å². The summed E-state index contributed by atoms with van der Waals surface area (Å²) < 4.78 is 34.1. The average Bonchev–Trinajstić information content (AvgIpc) is 2.45. The van der Waals surface area contributed by atoms with Gasteiger partial charge in [-0.25, -0.2) is 4.79 Å². The molecule has 1 aromatic rings. The SMILES string of the molecule is O=C(O)CC(O)(CC(=O)O)C(=O)O.O=C([O-])c1ccccc1.O=S(=O)([O-])[O-].[Na+].[Na+].[Na+]. The first kappa shape index (κ1) is 40.3. The Morgan fingerprint density at radius 3 is 1.30 bits per heavy atom. The third kappa shape index (κ3) is 26.0. The Kier molecular flexibility index (Phi) is 26.3. The normalized spacial score (nSPS) is 9.30. The zero-order chi connectivity index (χ0) is 21.8. The molecule has 1 aromatic carbocycles. The molecule has 0 unspecified atom stereocenters. The summed E-state index contributed by atoms with van der Waals surface area (Å²) in [5, 5.41) is 43.9. The summed E-state index contributed by atoms with van der Waals surface area (Å²) in [6.45, 7) is 0. The fourth-order valence-corrected chi connectivity index (χ4v) is 1.29. The van der Waals surface area contributed by atoms with Crippen LogP contribution < -0.4 is 93.8 Å². The molecule has 0 saturated heterocycles. The number of aromatic carboxylic acids is 1. The Morgan fingerprint density at radius 1 is 0.833 bits per heavy atom. The van der Waals surface area contributed by atoms with Gasteiger partial charge in [0, 0.05) is 10.4 Å². The van der Waals surface area contributed by atoms with E-state index >= 15 is 0 Å². The molecule has 0 saturated carbocycles. The van der Waals surface area contributed by atoms with Crippen molar-refractivity contribution in [2.75, 3.05) is 0 Å². The van der Waals surface area contributed by atoms with Crippen molar-refractivity contribution in [3.8, 4) is 0 Å². The number of aliphatic hydroxyl groups is 1. The molecule has 17 heteroatoms. The summed E-state index contributed by atoms with van der Waals surface area (Å²) in [4.78, 5) is 40.6. The fraction of sp³-hybridized carbons (Fsp3) is 0.231. The molecule has 4 N–H and O–H groups in total. The van der Waals surface area contributed by atoms with E-state index in [-0.39, 0.29) is 94.2 Å². The van der Waals surface area contributed by atoms with Crippen LogP contribution >= 0.6 is 0 Å². The summed E-state index contributed by atoms with van der Waals surface area (Å²) in [6.07, 6.45) is -2.29. The van der Waals surface area contributed by atoms with Gasteiger partial charge in [0.05, 0.1) is 18.8 Å². The number of aliphatic carboxylic acids is 3. The molecule has 0 atom stereocenters. The van der Waals surface area contributed by atoms with Crippen molar-refractivity contribution in [3.63, 3.8) is 0 Å². The van der Waals surface area contributed by atoms with Crippen LogP contribution in [0.25, 0.3) is 0 Å². The number of hydrogen-bond donors (Lipinski definition) is 4. The quantitative estimate of drug-likeness (QED) is 0.168. The van der Waals surface area contributed by atoms with Crippen LogP contribution in [0, 0.1) is 0 Å². The van der Waals surface area contributed by atoms with E-state index < -0.39 is 52.7 Å². The molecule has 1 rings (SSSR count). The summed E-state index contributed by atoms with van der Waals surface area (Å²) in [5.41, 5.74) is -2.52. The molecular weight excluding hydrogens is 465 g/mol. The molecule has 0 bridgehead atoms. The molecule has 0 aliphatic rings. The van der Waals surface area contributed by atoms with Crippen LogP contribution in [0.4, 0.5) is 0 Å². The van der Waals surface area contributed by atoms with Gasteiger partial charge in [0.15, 0.2) is 5.60 Å². The summed E-state index contributed by atoms with van der Waals surface area (Å²) in [6, 6.07) is 8.06. The van der Waals surface area contributed by atoms with Crippen molar-refractivity contribution in [2.45, 2.75) is 18.4 Å². The van der Waals surface area contributed by atoms with Gasteiger partial charge in [-0.15, -0.1) is 0 Å². The first-order valence-electron chi connectivity index (χ1n) is 6.41. The van der Waals surface area contributed by atoms with E-state index in [0.717, 1.165) is 0 Å². The van der Waals surface area contributed by atoms with Crippen LogP contribution in [0.1, 0.15) is 23.2 Å². The number of carboxylic acids is 4. The Labute approximate surface area is 236 Å². The Hall–Kier alpha value is -0.0700. The third-order valence-electron chi connectivity index (χ3n) is 2.29. The standard InChI is InChI=1S/C7H6O2.C6H8O7.3Na.H2O4S/c8-7(9)6-4-2-1-3-5-6;7-3(8)1-6(13,5(11)12)2-4(9)10;;;;1-5(2,3)4/h1-5H,(H,8,9);13H,1-2H2,(H,7,8)(H,9,10)(H,11,12);;;;(H2,1,2,3,4)/q;;3*+1;/p-3. The van der Waals surface area contributed by atoms with E-state index in [1.54, 1.807) is 18.2 Å². The van der Waals surface area contributed by atoms with E-state index in [2.05, 4.69) is 0 Å². The monoisotopic (exact) mass is 478 g/mol. The summed E-state index contributed by atoms with van der Waals surface area (Å²) >= 11 is 0. The van der Waals surface area contributed by atoms with E-state index in [4.69, 9.17) is 37.9 Å². The van der Waals surface area contributed by atoms with Gasteiger partial charge >= 0.3 is 107 Å². The molecule has 30 heavy (non-hydrogen) atoms. The van der Waals surface area contributed by atoms with Crippen LogP contribution in [0.2, 0.25) is 0 Å². The predicted molar refractivity (Wildman–Crippen MR) is 78.3 cm³/mol. The second-order valence-corrected chi connectivity index (χ2v) is 5.36. The number of hydrogen-bond acceptors (Lipinski definition) is 10. The van der Waals surface area contributed by atoms with Gasteiger partial charge in [0.2, 0.25) is 0 Å². The molecule has 0 heterocycles. The molecule has 0 amide bonds. The molecule has 0 spiro atoms. The van der Waals surface area contributed by atoms with Crippen molar-refractivity contribution < 1.29 is 151 Å². The smallest absolute Gasteiger partial charge is 0.759 e. The van der Waals surface area contributed by atoms with Crippen molar-refractivity contribution in [1.82, 2.24) is 0 Å². The Morgan fingerprint density at radius 2 is 1.13 bits per heavy atom. The van der Waals surface area contributed by atoms with Gasteiger partial charge in [-0.3, -0.25) is 18.0 Å². The summed E-state index contributed by atoms with van der Waals surface area (Å²) in [7, 11) is -5.17. The maximum atomic E-state index is 10.3. The minimum Gasteiger partial charge on any atom is -0.759 e. The van der Waals surface area contributed by atoms with E-state index in [9.17, 15) is 24.3 Å². The fourth-order valence-electron chi connectivity index (χ4n) is 1.29. The van der Waals surface area contributed by atoms with Crippen LogP contribution in [0.3, 0.4) is 0 Å². The van der Waals surface area contributed by atoms with E-state index in [1.807, 2.05) is 0 Å². The Balaban J connectivity index is -0.000000108. The minimum absolute atomic E-state index is 0. The van der Waals surface area contributed by atoms with Gasteiger partial charge < -0.3 is 39.4 Å². The number of benzene rings is 1. The molecule has 0 aliphatic carbocycles. The maximum Gasteiger partial charge on any atom is 1.00 e. The molecule has 0 fully saturated rings. The van der Waals surface area contributed by atoms with Crippen molar-refractivity contribution in [2.24, 2.45) is 0 Å². The van der Waals surface area contributed by atoms with Gasteiger partial charge in [-0.2, -0.15) is 0 Å².